The number of amides is 1. The van der Waals surface area contributed by atoms with Gasteiger partial charge in [-0.25, -0.2) is 9.97 Å². The number of aliphatic hydroxyl groups is 1. The molecule has 34 heavy (non-hydrogen) atoms. The minimum Gasteiger partial charge on any atom is -0.435 e. The Morgan fingerprint density at radius 1 is 1.00 bits per heavy atom. The van der Waals surface area contributed by atoms with E-state index in [9.17, 15) is 18.7 Å². The molecule has 1 unspecified atom stereocenters. The maximum atomic E-state index is 12.3. The van der Waals surface area contributed by atoms with Crippen molar-refractivity contribution in [1.29, 1.82) is 0 Å². The first-order valence-corrected chi connectivity index (χ1v) is 10.1. The van der Waals surface area contributed by atoms with Crippen LogP contribution in [0.1, 0.15) is 22.2 Å². The molecule has 3 N–H and O–H groups in total. The molecule has 11 heteroatoms. The maximum absolute atomic E-state index is 12.3. The number of ether oxygens (including phenoxy) is 1. The highest BCUT2D eigenvalue weighted by Gasteiger charge is 2.13. The molecule has 1 atom stereocenters. The number of halogens is 2. The van der Waals surface area contributed by atoms with Gasteiger partial charge in [0.25, 0.3) is 5.91 Å². The molecule has 0 fully saturated rings. The standard InChI is InChI=1S/C23H19F2N5O4/c24-22(25)33-18-7-3-14(4-8-18)16-11-27-23(28-12-16)30-17-5-1-15(2-6-17)19(31)13-26-21(32)20-9-10-29-34-20/h1-12,19,22,31H,13H2,(H,26,32)(H,27,28,30). The van der Waals surface area contributed by atoms with Crippen LogP contribution in [0, 0.1) is 0 Å². The Balaban J connectivity index is 1.32. The first-order valence-electron chi connectivity index (χ1n) is 10.1. The van der Waals surface area contributed by atoms with Crippen molar-refractivity contribution in [3.8, 4) is 16.9 Å². The number of carbonyl (C=O) groups excluding carboxylic acids is 1. The number of hydrogen-bond acceptors (Lipinski definition) is 8. The largest absolute Gasteiger partial charge is 0.435 e. The fourth-order valence-electron chi connectivity index (χ4n) is 3.02. The van der Waals surface area contributed by atoms with Crippen molar-refractivity contribution in [2.24, 2.45) is 0 Å². The van der Waals surface area contributed by atoms with Gasteiger partial charge in [0, 0.05) is 36.3 Å². The van der Waals surface area contributed by atoms with Gasteiger partial charge in [-0.2, -0.15) is 8.78 Å². The van der Waals surface area contributed by atoms with Gasteiger partial charge in [0.1, 0.15) is 5.75 Å². The number of aliphatic hydroxyl groups excluding tert-OH is 1. The summed E-state index contributed by atoms with van der Waals surface area (Å²) in [6.07, 6.45) is 3.66. The third-order valence-corrected chi connectivity index (χ3v) is 4.73. The molecular weight excluding hydrogens is 448 g/mol. The quantitative estimate of drug-likeness (QED) is 0.338. The summed E-state index contributed by atoms with van der Waals surface area (Å²) in [7, 11) is 0. The molecule has 2 aromatic heterocycles. The number of anilines is 2. The summed E-state index contributed by atoms with van der Waals surface area (Å²) in [5.74, 6) is 0.0288. The topological polar surface area (TPSA) is 122 Å². The number of nitrogens with one attached hydrogen (secondary N) is 2. The fourth-order valence-corrected chi connectivity index (χ4v) is 3.02. The highest BCUT2D eigenvalue weighted by Crippen LogP contribution is 2.23. The molecule has 2 heterocycles. The summed E-state index contributed by atoms with van der Waals surface area (Å²) in [6, 6.07) is 14.5. The lowest BCUT2D eigenvalue weighted by atomic mass is 10.1. The summed E-state index contributed by atoms with van der Waals surface area (Å²) < 4.78 is 33.6. The van der Waals surface area contributed by atoms with Gasteiger partial charge in [0.2, 0.25) is 11.7 Å². The van der Waals surface area contributed by atoms with E-state index in [-0.39, 0.29) is 18.1 Å². The van der Waals surface area contributed by atoms with E-state index in [0.717, 1.165) is 5.56 Å². The summed E-state index contributed by atoms with van der Waals surface area (Å²) in [6.45, 7) is -2.87. The Morgan fingerprint density at radius 2 is 1.71 bits per heavy atom. The van der Waals surface area contributed by atoms with Crippen LogP contribution in [0.25, 0.3) is 11.1 Å². The van der Waals surface area contributed by atoms with Crippen molar-refractivity contribution in [3.63, 3.8) is 0 Å². The zero-order valence-electron chi connectivity index (χ0n) is 17.6. The molecule has 4 rings (SSSR count). The van der Waals surface area contributed by atoms with Crippen LogP contribution in [0.15, 0.2) is 77.7 Å². The van der Waals surface area contributed by atoms with E-state index in [1.165, 1.54) is 24.4 Å². The second kappa shape index (κ2) is 10.5. The van der Waals surface area contributed by atoms with Gasteiger partial charge < -0.3 is 25.0 Å². The Morgan fingerprint density at radius 3 is 2.32 bits per heavy atom. The normalized spacial score (nSPS) is 11.8. The van der Waals surface area contributed by atoms with E-state index in [1.807, 2.05) is 0 Å². The lowest BCUT2D eigenvalue weighted by Gasteiger charge is -2.12. The summed E-state index contributed by atoms with van der Waals surface area (Å²) in [5.41, 5.74) is 2.77. The number of carbonyl (C=O) groups is 1. The van der Waals surface area contributed by atoms with E-state index in [1.54, 1.807) is 48.8 Å². The summed E-state index contributed by atoms with van der Waals surface area (Å²) in [4.78, 5) is 20.4. The van der Waals surface area contributed by atoms with Crippen LogP contribution >= 0.6 is 0 Å². The van der Waals surface area contributed by atoms with Crippen molar-refractivity contribution in [3.05, 3.63) is 84.5 Å². The zero-order valence-corrected chi connectivity index (χ0v) is 17.6. The Kier molecular flexibility index (Phi) is 7.04. The number of hydrogen-bond donors (Lipinski definition) is 3. The lowest BCUT2D eigenvalue weighted by Crippen LogP contribution is -2.28. The number of aromatic nitrogens is 3. The third kappa shape index (κ3) is 5.90. The molecule has 0 saturated carbocycles. The zero-order chi connectivity index (χ0) is 23.9. The van der Waals surface area contributed by atoms with Crippen LogP contribution in [0.4, 0.5) is 20.4 Å². The van der Waals surface area contributed by atoms with Crippen molar-refractivity contribution in [2.45, 2.75) is 12.7 Å². The SMILES string of the molecule is O=C(NCC(O)c1ccc(Nc2ncc(-c3ccc(OC(F)F)cc3)cn2)cc1)c1ccno1. The number of alkyl halides is 2. The lowest BCUT2D eigenvalue weighted by molar-refractivity contribution is -0.0498. The van der Waals surface area contributed by atoms with E-state index < -0.39 is 18.6 Å². The van der Waals surface area contributed by atoms with E-state index in [2.05, 4.69) is 30.5 Å². The molecular formula is C23H19F2N5O4. The maximum Gasteiger partial charge on any atom is 0.387 e. The fraction of sp³-hybridized carbons (Fsp3) is 0.130. The highest BCUT2D eigenvalue weighted by molar-refractivity contribution is 5.91. The van der Waals surface area contributed by atoms with E-state index >= 15 is 0 Å². The molecule has 0 aliphatic rings. The van der Waals surface area contributed by atoms with Crippen molar-refractivity contribution >= 4 is 17.5 Å². The third-order valence-electron chi connectivity index (χ3n) is 4.73. The average molecular weight is 467 g/mol. The molecule has 0 aliphatic carbocycles. The second-order valence-corrected chi connectivity index (χ2v) is 7.05. The van der Waals surface area contributed by atoms with Crippen molar-refractivity contribution < 1.29 is 27.9 Å². The molecule has 2 aromatic carbocycles. The van der Waals surface area contributed by atoms with Gasteiger partial charge in [-0.3, -0.25) is 4.79 Å². The van der Waals surface area contributed by atoms with Gasteiger partial charge in [0.15, 0.2) is 0 Å². The van der Waals surface area contributed by atoms with Crippen molar-refractivity contribution in [1.82, 2.24) is 20.4 Å². The van der Waals surface area contributed by atoms with Gasteiger partial charge >= 0.3 is 6.61 Å². The van der Waals surface area contributed by atoms with Crippen LogP contribution in [-0.2, 0) is 0 Å². The molecule has 1 amide bonds. The molecule has 4 aromatic rings. The Labute approximate surface area is 192 Å². The van der Waals surface area contributed by atoms with Gasteiger partial charge in [0.05, 0.1) is 12.3 Å². The van der Waals surface area contributed by atoms with Crippen LogP contribution in [0.3, 0.4) is 0 Å². The number of nitrogens with zero attached hydrogens (tertiary/aromatic N) is 3. The minimum absolute atomic E-state index is 0.00607. The molecule has 0 radical (unpaired) electrons. The van der Waals surface area contributed by atoms with Gasteiger partial charge in [-0.15, -0.1) is 0 Å². The first-order chi connectivity index (χ1) is 16.5. The predicted molar refractivity (Wildman–Crippen MR) is 118 cm³/mol. The first kappa shape index (κ1) is 22.8. The second-order valence-electron chi connectivity index (χ2n) is 7.05. The summed E-state index contributed by atoms with van der Waals surface area (Å²) in [5, 5.41) is 19.4. The molecule has 0 spiro atoms. The monoisotopic (exact) mass is 467 g/mol. The Bertz CT molecular complexity index is 1200. The van der Waals surface area contributed by atoms with Crippen molar-refractivity contribution in [2.75, 3.05) is 11.9 Å². The number of benzene rings is 2. The molecule has 0 saturated heterocycles. The van der Waals surface area contributed by atoms with Crippen LogP contribution < -0.4 is 15.4 Å². The molecule has 0 bridgehead atoms. The van der Waals surface area contributed by atoms with Crippen LogP contribution in [-0.4, -0.2) is 39.3 Å². The Hall–Kier alpha value is -4.38. The van der Waals surface area contributed by atoms with E-state index in [0.29, 0.717) is 22.8 Å². The minimum atomic E-state index is -2.87. The van der Waals surface area contributed by atoms with Crippen LogP contribution in [0.2, 0.25) is 0 Å². The predicted octanol–water partition coefficient (Wildman–Crippen LogP) is 3.94. The average Bonchev–Trinajstić information content (AvgIpc) is 3.39. The number of rotatable bonds is 9. The molecule has 0 aliphatic heterocycles. The van der Waals surface area contributed by atoms with E-state index in [4.69, 9.17) is 4.52 Å². The smallest absolute Gasteiger partial charge is 0.387 e. The van der Waals surface area contributed by atoms with Crippen LogP contribution in [0.5, 0.6) is 5.75 Å². The van der Waals surface area contributed by atoms with Gasteiger partial charge in [-0.1, -0.05) is 29.4 Å². The molecule has 174 valence electrons. The highest BCUT2D eigenvalue weighted by atomic mass is 19.3. The molecule has 9 nitrogen and oxygen atoms in total. The summed E-state index contributed by atoms with van der Waals surface area (Å²) >= 11 is 0. The van der Waals surface area contributed by atoms with Gasteiger partial charge in [-0.05, 0) is 35.4 Å².